The van der Waals surface area contributed by atoms with E-state index in [-0.39, 0.29) is 41.0 Å². The Kier molecular flexibility index (Phi) is 8.02. The Morgan fingerprint density at radius 3 is 2.46 bits per heavy atom. The van der Waals surface area contributed by atoms with E-state index in [9.17, 15) is 31.9 Å². The van der Waals surface area contributed by atoms with E-state index < -0.39 is 23.5 Å². The summed E-state index contributed by atoms with van der Waals surface area (Å²) in [4.78, 5) is 40.9. The smallest absolute Gasteiger partial charge is 0.416 e. The number of rotatable bonds is 7. The molecule has 212 valence electrons. The van der Waals surface area contributed by atoms with Crippen LogP contribution in [0.1, 0.15) is 36.8 Å². The van der Waals surface area contributed by atoms with E-state index in [2.05, 4.69) is 15.6 Å². The van der Waals surface area contributed by atoms with Crippen molar-refractivity contribution in [2.75, 3.05) is 10.6 Å². The number of hydrogen-bond donors (Lipinski definition) is 2. The van der Waals surface area contributed by atoms with E-state index in [4.69, 9.17) is 4.74 Å². The third-order valence-electron chi connectivity index (χ3n) is 6.57. The van der Waals surface area contributed by atoms with E-state index in [1.807, 2.05) is 0 Å². The molecule has 0 saturated heterocycles. The lowest BCUT2D eigenvalue weighted by Gasteiger charge is -2.19. The molecule has 1 saturated carbocycles. The minimum Gasteiger partial charge on any atom is -0.457 e. The molecular weight excluding hydrogens is 562 g/mol. The number of hydrogen-bond acceptors (Lipinski definition) is 6. The number of nitrogens with zero attached hydrogens (tertiary/aromatic N) is 1. The number of ketones is 1. The zero-order chi connectivity index (χ0) is 29.1. The summed E-state index contributed by atoms with van der Waals surface area (Å²) in [5, 5.41) is 5.63. The molecule has 2 N–H and O–H groups in total. The summed E-state index contributed by atoms with van der Waals surface area (Å²) in [5.74, 6) is -1.04. The molecule has 5 rings (SSSR count). The van der Waals surface area contributed by atoms with Crippen molar-refractivity contribution in [3.8, 4) is 11.5 Å². The predicted molar refractivity (Wildman–Crippen MR) is 145 cm³/mol. The molecule has 3 aromatic carbocycles. The number of Topliss-reactive ketones (excluding diaryl/α,β-unsaturated/α-hetero) is 1. The normalized spacial score (nSPS) is 14.2. The first-order valence-electron chi connectivity index (χ1n) is 12.7. The third-order valence-corrected chi connectivity index (χ3v) is 7.50. The maximum Gasteiger partial charge on any atom is 0.416 e. The Morgan fingerprint density at radius 2 is 1.71 bits per heavy atom. The van der Waals surface area contributed by atoms with E-state index in [1.165, 1.54) is 35.6 Å². The zero-order valence-corrected chi connectivity index (χ0v) is 22.2. The number of benzene rings is 3. The summed E-state index contributed by atoms with van der Waals surface area (Å²) >= 11 is 1.25. The summed E-state index contributed by atoms with van der Waals surface area (Å²) in [6.07, 6.45) is -3.06. The van der Waals surface area contributed by atoms with Gasteiger partial charge in [0.15, 0.2) is 5.13 Å². The average Bonchev–Trinajstić information content (AvgIpc) is 3.32. The molecule has 1 aliphatic rings. The molecule has 0 spiro atoms. The Morgan fingerprint density at radius 1 is 0.976 bits per heavy atom. The summed E-state index contributed by atoms with van der Waals surface area (Å²) in [6, 6.07) is 13.2. The van der Waals surface area contributed by atoms with Crippen LogP contribution in [0.15, 0.2) is 60.7 Å². The van der Waals surface area contributed by atoms with E-state index in [0.717, 1.165) is 22.9 Å². The van der Waals surface area contributed by atoms with Crippen molar-refractivity contribution in [2.24, 2.45) is 5.92 Å². The van der Waals surface area contributed by atoms with E-state index in [0.29, 0.717) is 42.1 Å². The largest absolute Gasteiger partial charge is 0.457 e. The van der Waals surface area contributed by atoms with Crippen LogP contribution >= 0.6 is 11.3 Å². The minimum absolute atomic E-state index is 0.132. The fourth-order valence-electron chi connectivity index (χ4n) is 4.47. The number of amides is 2. The van der Waals surface area contributed by atoms with Crippen LogP contribution in [0.2, 0.25) is 0 Å². The van der Waals surface area contributed by atoms with Crippen LogP contribution in [0.3, 0.4) is 0 Å². The minimum atomic E-state index is -4.54. The second-order valence-corrected chi connectivity index (χ2v) is 10.6. The molecule has 0 aliphatic heterocycles. The second-order valence-electron chi connectivity index (χ2n) is 9.62. The monoisotopic (exact) mass is 585 g/mol. The number of carbonyl (C=O) groups excluding carboxylic acids is 3. The molecule has 2 amide bonds. The van der Waals surface area contributed by atoms with Crippen molar-refractivity contribution < 1.29 is 36.7 Å². The van der Waals surface area contributed by atoms with Gasteiger partial charge in [-0.25, -0.2) is 9.37 Å². The van der Waals surface area contributed by atoms with Gasteiger partial charge in [-0.1, -0.05) is 29.5 Å². The average molecular weight is 586 g/mol. The first-order valence-corrected chi connectivity index (χ1v) is 13.5. The molecule has 0 bridgehead atoms. The van der Waals surface area contributed by atoms with Crippen molar-refractivity contribution in [3.05, 3.63) is 77.6 Å². The number of fused-ring (bicyclic) bond motifs is 1. The summed E-state index contributed by atoms with van der Waals surface area (Å²) in [6.45, 7) is 0. The van der Waals surface area contributed by atoms with E-state index in [1.54, 1.807) is 18.2 Å². The van der Waals surface area contributed by atoms with Gasteiger partial charge in [-0.05, 0) is 48.7 Å². The van der Waals surface area contributed by atoms with Gasteiger partial charge >= 0.3 is 6.18 Å². The second kappa shape index (κ2) is 11.7. The molecule has 1 aromatic heterocycles. The van der Waals surface area contributed by atoms with Crippen LogP contribution in [-0.2, 0) is 27.0 Å². The zero-order valence-electron chi connectivity index (χ0n) is 21.4. The van der Waals surface area contributed by atoms with Crippen molar-refractivity contribution in [3.63, 3.8) is 0 Å². The van der Waals surface area contributed by atoms with Crippen molar-refractivity contribution >= 4 is 50.0 Å². The molecule has 1 aliphatic carbocycles. The lowest BCUT2D eigenvalue weighted by Crippen LogP contribution is -2.27. The number of aromatic nitrogens is 1. The maximum atomic E-state index is 14.4. The Balaban J connectivity index is 1.24. The van der Waals surface area contributed by atoms with Crippen molar-refractivity contribution in [1.82, 2.24) is 4.98 Å². The van der Waals surface area contributed by atoms with E-state index >= 15 is 0 Å². The highest BCUT2D eigenvalue weighted by Gasteiger charge is 2.30. The van der Waals surface area contributed by atoms with Gasteiger partial charge in [0.1, 0.15) is 23.1 Å². The molecule has 41 heavy (non-hydrogen) atoms. The molecule has 0 unspecified atom stereocenters. The van der Waals surface area contributed by atoms with Gasteiger partial charge in [0.2, 0.25) is 11.8 Å². The topological polar surface area (TPSA) is 97.4 Å². The van der Waals surface area contributed by atoms with Crippen LogP contribution in [0.4, 0.5) is 28.4 Å². The summed E-state index contributed by atoms with van der Waals surface area (Å²) in [5.41, 5.74) is -0.294. The number of nitrogens with one attached hydrogen (secondary N) is 2. The van der Waals surface area contributed by atoms with Gasteiger partial charge in [0, 0.05) is 30.9 Å². The molecule has 12 heteroatoms. The van der Waals surface area contributed by atoms with Crippen LogP contribution < -0.4 is 15.4 Å². The lowest BCUT2D eigenvalue weighted by molar-refractivity contribution is -0.137. The fourth-order valence-corrected chi connectivity index (χ4v) is 5.37. The SMILES string of the molecule is O=C1CCC(C(=O)Nc2nc3ccc(Oc4ccc(F)c(NC(=O)Cc5cccc(C(F)(F)F)c5)c4)cc3s2)CC1. The Hall–Kier alpha value is -4.32. The summed E-state index contributed by atoms with van der Waals surface area (Å²) < 4.78 is 59.9. The van der Waals surface area contributed by atoms with Gasteiger partial charge in [-0.15, -0.1) is 0 Å². The lowest BCUT2D eigenvalue weighted by atomic mass is 9.88. The van der Waals surface area contributed by atoms with Crippen LogP contribution in [0.25, 0.3) is 10.2 Å². The maximum absolute atomic E-state index is 14.4. The van der Waals surface area contributed by atoms with Gasteiger partial charge in [0.05, 0.1) is 27.9 Å². The highest BCUT2D eigenvalue weighted by Crippen LogP contribution is 2.34. The summed E-state index contributed by atoms with van der Waals surface area (Å²) in [7, 11) is 0. The molecule has 1 fully saturated rings. The molecule has 0 radical (unpaired) electrons. The number of thiazole rings is 1. The van der Waals surface area contributed by atoms with Crippen LogP contribution in [0.5, 0.6) is 11.5 Å². The van der Waals surface area contributed by atoms with Gasteiger partial charge in [0.25, 0.3) is 0 Å². The van der Waals surface area contributed by atoms with Crippen molar-refractivity contribution in [1.29, 1.82) is 0 Å². The molecular formula is C29H23F4N3O4S. The fraction of sp³-hybridized carbons (Fsp3) is 0.241. The number of anilines is 2. The first kappa shape index (κ1) is 28.2. The number of ether oxygens (including phenoxy) is 1. The molecule has 4 aromatic rings. The van der Waals surface area contributed by atoms with Crippen molar-refractivity contribution in [2.45, 2.75) is 38.3 Å². The predicted octanol–water partition coefficient (Wildman–Crippen LogP) is 7.13. The third kappa shape index (κ3) is 7.07. The number of carbonyl (C=O) groups is 3. The van der Waals surface area contributed by atoms with Gasteiger partial charge in [-0.2, -0.15) is 13.2 Å². The highest BCUT2D eigenvalue weighted by molar-refractivity contribution is 7.22. The van der Waals surface area contributed by atoms with Crippen LogP contribution in [-0.4, -0.2) is 22.6 Å². The quantitative estimate of drug-likeness (QED) is 0.225. The Bertz CT molecular complexity index is 1630. The Labute approximate surface area is 235 Å². The van der Waals surface area contributed by atoms with Gasteiger partial charge in [-0.3, -0.25) is 14.4 Å². The first-order chi connectivity index (χ1) is 19.5. The molecule has 1 heterocycles. The molecule has 0 atom stereocenters. The number of halogens is 4. The van der Waals surface area contributed by atoms with Gasteiger partial charge < -0.3 is 15.4 Å². The number of alkyl halides is 3. The standard InChI is InChI=1S/C29H23F4N3O4S/c30-22-10-8-20(14-24(22)34-26(38)13-16-2-1-3-18(12-16)29(31,32)33)40-21-9-11-23-25(15-21)41-28(35-23)36-27(39)17-4-6-19(37)7-5-17/h1-3,8-12,14-15,17H,4-7,13H2,(H,34,38)(H,35,36,39). The van der Waals surface area contributed by atoms with Crippen LogP contribution in [0, 0.1) is 11.7 Å². The molecule has 7 nitrogen and oxygen atoms in total. The highest BCUT2D eigenvalue weighted by atomic mass is 32.1.